The standard InChI is InChI=1S/C19H21FN4/c1-13-5-7-21-19(22-13)14-6-8-24(11-14)12-15-10-23(2)18-4-3-16(20)9-17(15)18/h3-5,7,9-10,14H,6,8,11-12H2,1-2H3/t14-/m0/s1. The number of fused-ring (bicyclic) bond motifs is 1. The largest absolute Gasteiger partial charge is 0.350 e. The zero-order valence-electron chi connectivity index (χ0n) is 14.0. The van der Waals surface area contributed by atoms with Crippen LogP contribution in [0.25, 0.3) is 10.9 Å². The predicted molar refractivity (Wildman–Crippen MR) is 92.3 cm³/mol. The van der Waals surface area contributed by atoms with Gasteiger partial charge in [-0.1, -0.05) is 0 Å². The lowest BCUT2D eigenvalue weighted by Crippen LogP contribution is -2.20. The summed E-state index contributed by atoms with van der Waals surface area (Å²) in [5, 5.41) is 1.01. The first-order valence-corrected chi connectivity index (χ1v) is 8.35. The van der Waals surface area contributed by atoms with Crippen LogP contribution in [-0.2, 0) is 13.6 Å². The highest BCUT2D eigenvalue weighted by atomic mass is 19.1. The molecule has 1 aromatic carbocycles. The van der Waals surface area contributed by atoms with Crippen molar-refractivity contribution in [3.63, 3.8) is 0 Å². The Balaban J connectivity index is 1.54. The van der Waals surface area contributed by atoms with Gasteiger partial charge in [0.15, 0.2) is 0 Å². The van der Waals surface area contributed by atoms with E-state index in [4.69, 9.17) is 0 Å². The molecule has 1 aliphatic heterocycles. The molecule has 0 unspecified atom stereocenters. The molecule has 5 heteroatoms. The molecule has 4 rings (SSSR count). The first-order valence-electron chi connectivity index (χ1n) is 8.35. The van der Waals surface area contributed by atoms with E-state index in [0.29, 0.717) is 5.92 Å². The molecule has 0 aliphatic carbocycles. The lowest BCUT2D eigenvalue weighted by atomic mass is 10.1. The van der Waals surface area contributed by atoms with E-state index < -0.39 is 0 Å². The molecule has 0 N–H and O–H groups in total. The fraction of sp³-hybridized carbons (Fsp3) is 0.368. The highest BCUT2D eigenvalue weighted by Crippen LogP contribution is 2.28. The zero-order valence-corrected chi connectivity index (χ0v) is 14.0. The van der Waals surface area contributed by atoms with Gasteiger partial charge in [0.2, 0.25) is 0 Å². The Labute approximate surface area is 141 Å². The van der Waals surface area contributed by atoms with Crippen molar-refractivity contribution in [2.24, 2.45) is 7.05 Å². The molecule has 0 saturated carbocycles. The van der Waals surface area contributed by atoms with Gasteiger partial charge in [0.25, 0.3) is 0 Å². The molecule has 124 valence electrons. The lowest BCUT2D eigenvalue weighted by Gasteiger charge is -2.15. The molecule has 1 aliphatic rings. The Kier molecular flexibility index (Phi) is 3.81. The second kappa shape index (κ2) is 5.98. The summed E-state index contributed by atoms with van der Waals surface area (Å²) in [6.45, 7) is 4.81. The van der Waals surface area contributed by atoms with Crippen LogP contribution in [0.2, 0.25) is 0 Å². The molecule has 0 amide bonds. The van der Waals surface area contributed by atoms with Gasteiger partial charge in [0.1, 0.15) is 11.6 Å². The fourth-order valence-electron chi connectivity index (χ4n) is 3.66. The first-order chi connectivity index (χ1) is 11.6. The molecule has 1 saturated heterocycles. The van der Waals surface area contributed by atoms with Gasteiger partial charge in [0.05, 0.1) is 0 Å². The van der Waals surface area contributed by atoms with Crippen LogP contribution in [0, 0.1) is 12.7 Å². The summed E-state index contributed by atoms with van der Waals surface area (Å²) in [5.41, 5.74) is 3.27. The van der Waals surface area contributed by atoms with Gasteiger partial charge in [-0.2, -0.15) is 0 Å². The number of nitrogens with zero attached hydrogens (tertiary/aromatic N) is 4. The van der Waals surface area contributed by atoms with Gasteiger partial charge < -0.3 is 4.57 Å². The van der Waals surface area contributed by atoms with Gasteiger partial charge >= 0.3 is 0 Å². The summed E-state index contributed by atoms with van der Waals surface area (Å²) in [4.78, 5) is 11.4. The van der Waals surface area contributed by atoms with E-state index in [1.54, 1.807) is 6.07 Å². The quantitative estimate of drug-likeness (QED) is 0.740. The topological polar surface area (TPSA) is 34.0 Å². The molecule has 3 aromatic rings. The second-order valence-electron chi connectivity index (χ2n) is 6.70. The Hall–Kier alpha value is -2.27. The highest BCUT2D eigenvalue weighted by Gasteiger charge is 2.26. The molecule has 0 spiro atoms. The first kappa shape index (κ1) is 15.3. The average molecular weight is 324 g/mol. The van der Waals surface area contributed by atoms with E-state index >= 15 is 0 Å². The van der Waals surface area contributed by atoms with Crippen molar-refractivity contribution in [3.8, 4) is 0 Å². The molecule has 24 heavy (non-hydrogen) atoms. The average Bonchev–Trinajstić information content (AvgIpc) is 3.13. The third kappa shape index (κ3) is 2.80. The molecular formula is C19H21FN4. The van der Waals surface area contributed by atoms with Crippen LogP contribution in [0.3, 0.4) is 0 Å². The Morgan fingerprint density at radius 1 is 1.29 bits per heavy atom. The Morgan fingerprint density at radius 3 is 3.00 bits per heavy atom. The van der Waals surface area contributed by atoms with Crippen LogP contribution in [0.5, 0.6) is 0 Å². The molecule has 2 aromatic heterocycles. The summed E-state index contributed by atoms with van der Waals surface area (Å²) in [5.74, 6) is 1.15. The van der Waals surface area contributed by atoms with Crippen molar-refractivity contribution >= 4 is 10.9 Å². The maximum Gasteiger partial charge on any atom is 0.132 e. The Bertz CT molecular complexity index is 886. The van der Waals surface area contributed by atoms with Crippen molar-refractivity contribution in [1.29, 1.82) is 0 Å². The molecule has 1 fully saturated rings. The molecule has 0 bridgehead atoms. The minimum atomic E-state index is -0.178. The number of aryl methyl sites for hydroxylation is 2. The van der Waals surface area contributed by atoms with E-state index in [-0.39, 0.29) is 5.82 Å². The van der Waals surface area contributed by atoms with Crippen molar-refractivity contribution in [2.45, 2.75) is 25.8 Å². The van der Waals surface area contributed by atoms with Crippen LogP contribution >= 0.6 is 0 Å². The maximum absolute atomic E-state index is 13.6. The predicted octanol–water partition coefficient (Wildman–Crippen LogP) is 3.41. The molecule has 1 atom stereocenters. The van der Waals surface area contributed by atoms with E-state index in [2.05, 4.69) is 25.6 Å². The maximum atomic E-state index is 13.6. The van der Waals surface area contributed by atoms with E-state index in [1.165, 1.54) is 11.6 Å². The summed E-state index contributed by atoms with van der Waals surface area (Å²) in [6.07, 6.45) is 5.02. The Morgan fingerprint density at radius 2 is 2.17 bits per heavy atom. The van der Waals surface area contributed by atoms with Gasteiger partial charge in [0, 0.05) is 55.0 Å². The van der Waals surface area contributed by atoms with Crippen LogP contribution in [0.4, 0.5) is 4.39 Å². The number of benzene rings is 1. The normalized spacial score (nSPS) is 18.5. The van der Waals surface area contributed by atoms with Crippen LogP contribution in [-0.4, -0.2) is 32.5 Å². The van der Waals surface area contributed by atoms with Gasteiger partial charge in [-0.15, -0.1) is 0 Å². The third-order valence-electron chi connectivity index (χ3n) is 4.88. The molecular weight excluding hydrogens is 303 g/mol. The number of halogens is 1. The monoisotopic (exact) mass is 324 g/mol. The van der Waals surface area contributed by atoms with Crippen molar-refractivity contribution in [1.82, 2.24) is 19.4 Å². The summed E-state index contributed by atoms with van der Waals surface area (Å²) >= 11 is 0. The number of hydrogen-bond acceptors (Lipinski definition) is 3. The van der Waals surface area contributed by atoms with Gasteiger partial charge in [-0.25, -0.2) is 14.4 Å². The zero-order chi connectivity index (χ0) is 16.7. The van der Waals surface area contributed by atoms with Gasteiger partial charge in [-0.3, -0.25) is 4.90 Å². The smallest absolute Gasteiger partial charge is 0.132 e. The van der Waals surface area contributed by atoms with Crippen molar-refractivity contribution in [3.05, 3.63) is 59.6 Å². The minimum absolute atomic E-state index is 0.178. The van der Waals surface area contributed by atoms with E-state index in [0.717, 1.165) is 48.5 Å². The second-order valence-corrected chi connectivity index (χ2v) is 6.70. The molecule has 3 heterocycles. The lowest BCUT2D eigenvalue weighted by molar-refractivity contribution is 0.326. The number of aromatic nitrogens is 3. The summed E-state index contributed by atoms with van der Waals surface area (Å²) in [6, 6.07) is 6.94. The summed E-state index contributed by atoms with van der Waals surface area (Å²) in [7, 11) is 2.01. The van der Waals surface area contributed by atoms with E-state index in [1.807, 2.05) is 32.3 Å². The van der Waals surface area contributed by atoms with Crippen LogP contribution in [0.15, 0.2) is 36.7 Å². The van der Waals surface area contributed by atoms with Crippen molar-refractivity contribution < 1.29 is 4.39 Å². The van der Waals surface area contributed by atoms with E-state index in [9.17, 15) is 4.39 Å². The summed E-state index contributed by atoms with van der Waals surface area (Å²) < 4.78 is 15.7. The minimum Gasteiger partial charge on any atom is -0.350 e. The highest BCUT2D eigenvalue weighted by molar-refractivity contribution is 5.84. The van der Waals surface area contributed by atoms with Gasteiger partial charge in [-0.05, 0) is 49.7 Å². The molecule has 4 nitrogen and oxygen atoms in total. The third-order valence-corrected chi connectivity index (χ3v) is 4.88. The number of rotatable bonds is 3. The number of likely N-dealkylation sites (tertiary alicyclic amines) is 1. The number of hydrogen-bond donors (Lipinski definition) is 0. The SMILES string of the molecule is Cc1ccnc([C@H]2CCN(Cc3cn(C)c4ccc(F)cc34)C2)n1. The van der Waals surface area contributed by atoms with Crippen molar-refractivity contribution in [2.75, 3.05) is 13.1 Å². The molecule has 0 radical (unpaired) electrons. The fourth-order valence-corrected chi connectivity index (χ4v) is 3.66. The van der Waals surface area contributed by atoms with Crippen LogP contribution in [0.1, 0.15) is 29.4 Å². The van der Waals surface area contributed by atoms with Crippen LogP contribution < -0.4 is 0 Å².